The molecule has 0 saturated heterocycles. The molecule has 0 spiro atoms. The number of rotatable bonds is 8. The molecule has 5 nitrogen and oxygen atoms in total. The molecule has 168 valence electrons. The Kier molecular flexibility index (Phi) is 7.52. The number of hydrogen-bond donors (Lipinski definition) is 1. The zero-order chi connectivity index (χ0) is 23.3. The zero-order valence-corrected chi connectivity index (χ0v) is 18.6. The third-order valence-electron chi connectivity index (χ3n) is 4.95. The molecule has 1 unspecified atom stereocenters. The monoisotopic (exact) mass is 508 g/mol. The van der Waals surface area contributed by atoms with Crippen molar-refractivity contribution in [1.29, 1.82) is 0 Å². The molecule has 3 rings (SSSR count). The number of hydrogen-bond acceptors (Lipinski definition) is 3. The van der Waals surface area contributed by atoms with Crippen molar-refractivity contribution in [3.63, 3.8) is 0 Å². The van der Waals surface area contributed by atoms with Crippen LogP contribution in [-0.2, 0) is 27.4 Å². The Bertz CT molecular complexity index is 1040. The highest BCUT2D eigenvalue weighted by molar-refractivity contribution is 9.11. The Morgan fingerprint density at radius 3 is 2.22 bits per heavy atom. The van der Waals surface area contributed by atoms with Crippen molar-refractivity contribution in [3.8, 4) is 0 Å². The van der Waals surface area contributed by atoms with Gasteiger partial charge in [0, 0.05) is 25.8 Å². The van der Waals surface area contributed by atoms with Crippen LogP contribution >= 0.6 is 15.9 Å². The standard InChI is InChI=1S/C23H20BrF3N2O3/c1-32-21-18(19(25)20(30)29(21)14-16-10-6-3-7-11-16)17(12-24)23(26,27)22(31)28-13-15-8-4-2-5-9-15/h2-12,21H,13-14H2,1H3,(H,28,31)/b17-12-. The molecule has 1 aliphatic heterocycles. The average molecular weight is 509 g/mol. The van der Waals surface area contributed by atoms with Gasteiger partial charge in [0.1, 0.15) is 0 Å². The fourth-order valence-corrected chi connectivity index (χ4v) is 3.89. The Balaban J connectivity index is 1.85. The quantitative estimate of drug-likeness (QED) is 0.572. The molecule has 0 radical (unpaired) electrons. The Hall–Kier alpha value is -2.91. The van der Waals surface area contributed by atoms with Crippen molar-refractivity contribution in [3.05, 3.63) is 93.7 Å². The second-order valence-corrected chi connectivity index (χ2v) is 7.46. The second kappa shape index (κ2) is 10.1. The maximum Gasteiger partial charge on any atom is 0.350 e. The first-order chi connectivity index (χ1) is 15.3. The summed E-state index contributed by atoms with van der Waals surface area (Å²) in [4.78, 5) is 26.6. The smallest absolute Gasteiger partial charge is 0.350 e. The molecule has 0 saturated carbocycles. The van der Waals surface area contributed by atoms with Crippen molar-refractivity contribution >= 4 is 27.7 Å². The summed E-state index contributed by atoms with van der Waals surface area (Å²) in [7, 11) is 1.17. The molecular formula is C23H20BrF3N2O3. The minimum absolute atomic E-state index is 0.0591. The third-order valence-corrected chi connectivity index (χ3v) is 5.41. The summed E-state index contributed by atoms with van der Waals surface area (Å²) in [5.74, 6) is -8.25. The maximum atomic E-state index is 15.1. The molecular weight excluding hydrogens is 489 g/mol. The highest BCUT2D eigenvalue weighted by atomic mass is 79.9. The highest BCUT2D eigenvalue weighted by Crippen LogP contribution is 2.41. The number of carbonyl (C=O) groups excluding carboxylic acids is 2. The van der Waals surface area contributed by atoms with Crippen LogP contribution in [0.15, 0.2) is 82.6 Å². The van der Waals surface area contributed by atoms with Gasteiger partial charge in [0.15, 0.2) is 12.1 Å². The highest BCUT2D eigenvalue weighted by Gasteiger charge is 2.51. The number of methoxy groups -OCH3 is 1. The van der Waals surface area contributed by atoms with Crippen LogP contribution < -0.4 is 5.32 Å². The SMILES string of the molecule is COC1C(/C(=C/Br)C(F)(F)C(=O)NCc2ccccc2)=C(F)C(=O)N1Cc1ccccc1. The van der Waals surface area contributed by atoms with E-state index in [1.165, 1.54) is 7.11 Å². The number of carbonyl (C=O) groups is 2. The molecule has 0 bridgehead atoms. The molecule has 1 aliphatic rings. The molecule has 0 aromatic heterocycles. The topological polar surface area (TPSA) is 58.6 Å². The van der Waals surface area contributed by atoms with E-state index in [9.17, 15) is 14.0 Å². The van der Waals surface area contributed by atoms with Crippen LogP contribution in [0.1, 0.15) is 11.1 Å². The summed E-state index contributed by atoms with van der Waals surface area (Å²) in [6.45, 7) is -0.199. The first-order valence-corrected chi connectivity index (χ1v) is 10.5. The van der Waals surface area contributed by atoms with E-state index in [0.717, 1.165) is 9.89 Å². The molecule has 0 aliphatic carbocycles. The van der Waals surface area contributed by atoms with Gasteiger partial charge in [-0.05, 0) is 16.1 Å². The van der Waals surface area contributed by atoms with Crippen LogP contribution in [0.3, 0.4) is 0 Å². The van der Waals surface area contributed by atoms with Gasteiger partial charge < -0.3 is 15.0 Å². The van der Waals surface area contributed by atoms with Gasteiger partial charge in [-0.3, -0.25) is 9.59 Å². The van der Waals surface area contributed by atoms with E-state index in [4.69, 9.17) is 4.74 Å². The Morgan fingerprint density at radius 2 is 1.69 bits per heavy atom. The van der Waals surface area contributed by atoms with Gasteiger partial charge >= 0.3 is 5.92 Å². The van der Waals surface area contributed by atoms with Gasteiger partial charge in [-0.15, -0.1) is 0 Å². The minimum atomic E-state index is -4.13. The number of halogens is 4. The van der Waals surface area contributed by atoms with Crippen molar-refractivity contribution in [2.45, 2.75) is 25.2 Å². The van der Waals surface area contributed by atoms with Crippen LogP contribution in [0.4, 0.5) is 13.2 Å². The van der Waals surface area contributed by atoms with Crippen LogP contribution in [0.2, 0.25) is 0 Å². The number of nitrogens with one attached hydrogen (secondary N) is 1. The van der Waals surface area contributed by atoms with Crippen molar-refractivity contribution in [2.75, 3.05) is 7.11 Å². The van der Waals surface area contributed by atoms with E-state index in [0.29, 0.717) is 11.1 Å². The van der Waals surface area contributed by atoms with Gasteiger partial charge in [-0.25, -0.2) is 4.39 Å². The van der Waals surface area contributed by atoms with Crippen molar-refractivity contribution < 1.29 is 27.5 Å². The molecule has 0 fully saturated rings. The van der Waals surface area contributed by atoms with Gasteiger partial charge in [-0.2, -0.15) is 8.78 Å². The van der Waals surface area contributed by atoms with Crippen LogP contribution in [0.5, 0.6) is 0 Å². The van der Waals surface area contributed by atoms with Gasteiger partial charge in [0.05, 0.1) is 5.57 Å². The van der Waals surface area contributed by atoms with E-state index in [1.54, 1.807) is 60.7 Å². The summed E-state index contributed by atoms with van der Waals surface area (Å²) in [6.07, 6.45) is -1.43. The molecule has 2 aromatic carbocycles. The van der Waals surface area contributed by atoms with Crippen molar-refractivity contribution in [2.24, 2.45) is 0 Å². The van der Waals surface area contributed by atoms with E-state index < -0.39 is 40.9 Å². The minimum Gasteiger partial charge on any atom is -0.357 e. The van der Waals surface area contributed by atoms with Gasteiger partial charge in [-0.1, -0.05) is 76.6 Å². The first kappa shape index (κ1) is 23.7. The lowest BCUT2D eigenvalue weighted by Crippen LogP contribution is -2.44. The molecule has 9 heteroatoms. The zero-order valence-electron chi connectivity index (χ0n) is 17.0. The van der Waals surface area contributed by atoms with Crippen LogP contribution in [0, 0.1) is 0 Å². The van der Waals surface area contributed by atoms with E-state index in [-0.39, 0.29) is 13.1 Å². The van der Waals surface area contributed by atoms with E-state index in [2.05, 4.69) is 21.2 Å². The average Bonchev–Trinajstić information content (AvgIpc) is 3.03. The lowest BCUT2D eigenvalue weighted by molar-refractivity contribution is -0.140. The number of ether oxygens (including phenoxy) is 1. The molecule has 1 atom stereocenters. The first-order valence-electron chi connectivity index (χ1n) is 9.59. The lowest BCUT2D eigenvalue weighted by atomic mass is 9.99. The number of amides is 2. The summed E-state index contributed by atoms with van der Waals surface area (Å²) in [6, 6.07) is 17.2. The van der Waals surface area contributed by atoms with Gasteiger partial charge in [0.2, 0.25) is 0 Å². The third kappa shape index (κ3) is 4.78. The summed E-state index contributed by atoms with van der Waals surface area (Å²) >= 11 is 2.81. The van der Waals surface area contributed by atoms with Crippen LogP contribution in [-0.4, -0.2) is 36.0 Å². The largest absolute Gasteiger partial charge is 0.357 e. The molecule has 1 heterocycles. The lowest BCUT2D eigenvalue weighted by Gasteiger charge is -2.28. The van der Waals surface area contributed by atoms with E-state index in [1.807, 2.05) is 0 Å². The van der Waals surface area contributed by atoms with E-state index >= 15 is 8.78 Å². The predicted octanol–water partition coefficient (Wildman–Crippen LogP) is 4.46. The number of alkyl halides is 2. The predicted molar refractivity (Wildman–Crippen MR) is 116 cm³/mol. The Labute approximate surface area is 191 Å². The maximum absolute atomic E-state index is 15.1. The number of benzene rings is 2. The van der Waals surface area contributed by atoms with Gasteiger partial charge in [0.25, 0.3) is 11.8 Å². The molecule has 2 aromatic rings. The normalized spacial score (nSPS) is 17.2. The second-order valence-electron chi connectivity index (χ2n) is 7.00. The summed E-state index contributed by atoms with van der Waals surface area (Å²) < 4.78 is 50.4. The molecule has 32 heavy (non-hydrogen) atoms. The fraction of sp³-hybridized carbons (Fsp3) is 0.217. The van der Waals surface area contributed by atoms with Crippen LogP contribution in [0.25, 0.3) is 0 Å². The molecule has 2 amide bonds. The summed E-state index contributed by atoms with van der Waals surface area (Å²) in [5.41, 5.74) is -0.401. The summed E-state index contributed by atoms with van der Waals surface area (Å²) in [5, 5.41) is 2.15. The van der Waals surface area contributed by atoms with Crippen molar-refractivity contribution in [1.82, 2.24) is 10.2 Å². The molecule has 1 N–H and O–H groups in total. The Morgan fingerprint density at radius 1 is 1.12 bits per heavy atom. The fourth-order valence-electron chi connectivity index (χ4n) is 3.35. The number of nitrogens with zero attached hydrogens (tertiary/aromatic N) is 1.